The second-order valence-corrected chi connectivity index (χ2v) is 4.71. The Labute approximate surface area is 128 Å². The third-order valence-corrected chi connectivity index (χ3v) is 3.19. The maximum absolute atomic E-state index is 14.2. The molecule has 0 bridgehead atoms. The fraction of sp³-hybridized carbons (Fsp3) is 0.188. The zero-order chi connectivity index (χ0) is 17.3. The smallest absolute Gasteiger partial charge is 0.416 e. The molecule has 0 spiro atoms. The zero-order valence-electron chi connectivity index (χ0n) is 11.8. The summed E-state index contributed by atoms with van der Waals surface area (Å²) in [5, 5.41) is 0. The number of alkyl halides is 5. The highest BCUT2D eigenvalue weighted by Gasteiger charge is 2.42. The molecule has 0 heterocycles. The number of hydrogen-bond acceptors (Lipinski definition) is 2. The van der Waals surface area contributed by atoms with Gasteiger partial charge in [-0.1, -0.05) is 24.3 Å². The molecule has 2 aromatic rings. The number of ether oxygens (including phenoxy) is 1. The van der Waals surface area contributed by atoms with E-state index < -0.39 is 29.0 Å². The van der Waals surface area contributed by atoms with Gasteiger partial charge in [-0.05, 0) is 24.3 Å². The standard InChI is InChI=1S/C16H11F5O2/c1-23-13-4-2-3-10(9-13)14(22)15(17,18)11-5-7-12(8-6-11)16(19,20)21/h2-9H,1H3. The van der Waals surface area contributed by atoms with Crippen molar-refractivity contribution >= 4 is 5.78 Å². The Morgan fingerprint density at radius 3 is 2.00 bits per heavy atom. The topological polar surface area (TPSA) is 26.3 Å². The van der Waals surface area contributed by atoms with Crippen molar-refractivity contribution in [3.8, 4) is 5.75 Å². The van der Waals surface area contributed by atoms with Gasteiger partial charge in [-0.3, -0.25) is 4.79 Å². The van der Waals surface area contributed by atoms with E-state index in [4.69, 9.17) is 4.74 Å². The third kappa shape index (κ3) is 3.49. The maximum Gasteiger partial charge on any atom is 0.416 e. The van der Waals surface area contributed by atoms with Crippen LogP contribution in [0.1, 0.15) is 21.5 Å². The first-order valence-electron chi connectivity index (χ1n) is 6.40. The molecule has 0 amide bonds. The minimum absolute atomic E-state index is 0.221. The first-order valence-corrected chi connectivity index (χ1v) is 6.40. The van der Waals surface area contributed by atoms with Crippen LogP contribution in [0.5, 0.6) is 5.75 Å². The van der Waals surface area contributed by atoms with Gasteiger partial charge in [-0.25, -0.2) is 0 Å². The number of benzene rings is 2. The number of carbonyl (C=O) groups is 1. The van der Waals surface area contributed by atoms with E-state index in [1.165, 1.54) is 25.3 Å². The number of rotatable bonds is 4. The lowest BCUT2D eigenvalue weighted by Gasteiger charge is -2.17. The van der Waals surface area contributed by atoms with Crippen molar-refractivity contribution < 1.29 is 31.5 Å². The molecule has 0 saturated carbocycles. The zero-order valence-corrected chi connectivity index (χ0v) is 11.8. The van der Waals surface area contributed by atoms with E-state index in [0.717, 1.165) is 6.07 Å². The highest BCUT2D eigenvalue weighted by atomic mass is 19.4. The van der Waals surface area contributed by atoms with Crippen molar-refractivity contribution in [2.24, 2.45) is 0 Å². The average Bonchev–Trinajstić information content (AvgIpc) is 2.53. The summed E-state index contributed by atoms with van der Waals surface area (Å²) in [5.41, 5.74) is -2.17. The number of carbonyl (C=O) groups excluding carboxylic acids is 1. The van der Waals surface area contributed by atoms with Gasteiger partial charge >= 0.3 is 12.1 Å². The Kier molecular flexibility index (Phi) is 4.40. The second kappa shape index (κ2) is 5.98. The molecule has 122 valence electrons. The molecule has 0 saturated heterocycles. The third-order valence-electron chi connectivity index (χ3n) is 3.19. The lowest BCUT2D eigenvalue weighted by Crippen LogP contribution is -2.26. The van der Waals surface area contributed by atoms with Gasteiger partial charge in [0.05, 0.1) is 12.7 Å². The summed E-state index contributed by atoms with van der Waals surface area (Å²) in [6.07, 6.45) is -4.63. The van der Waals surface area contributed by atoms with Gasteiger partial charge in [0.25, 0.3) is 0 Å². The molecule has 0 aromatic heterocycles. The predicted octanol–water partition coefficient (Wildman–Crippen LogP) is 4.69. The Morgan fingerprint density at radius 2 is 1.48 bits per heavy atom. The summed E-state index contributed by atoms with van der Waals surface area (Å²) >= 11 is 0. The lowest BCUT2D eigenvalue weighted by atomic mass is 9.98. The van der Waals surface area contributed by atoms with Gasteiger partial charge in [-0.2, -0.15) is 22.0 Å². The molecule has 23 heavy (non-hydrogen) atoms. The van der Waals surface area contributed by atoms with Gasteiger partial charge in [0.1, 0.15) is 5.75 Å². The minimum atomic E-state index is -4.63. The van der Waals surface area contributed by atoms with E-state index in [1.54, 1.807) is 0 Å². The fourth-order valence-electron chi connectivity index (χ4n) is 1.95. The minimum Gasteiger partial charge on any atom is -0.497 e. The van der Waals surface area contributed by atoms with Gasteiger partial charge in [-0.15, -0.1) is 0 Å². The van der Waals surface area contributed by atoms with Gasteiger partial charge in [0.15, 0.2) is 0 Å². The summed E-state index contributed by atoms with van der Waals surface area (Å²) in [4.78, 5) is 12.0. The summed E-state index contributed by atoms with van der Waals surface area (Å²) in [6, 6.07) is 7.40. The maximum atomic E-state index is 14.2. The first kappa shape index (κ1) is 16.9. The SMILES string of the molecule is COc1cccc(C(=O)C(F)(F)c2ccc(C(F)(F)F)cc2)c1. The van der Waals surface area contributed by atoms with Crippen molar-refractivity contribution in [3.05, 3.63) is 65.2 Å². The van der Waals surface area contributed by atoms with Crippen LogP contribution in [0.3, 0.4) is 0 Å². The largest absolute Gasteiger partial charge is 0.497 e. The summed E-state index contributed by atoms with van der Waals surface area (Å²) in [6.45, 7) is 0. The number of methoxy groups -OCH3 is 1. The summed E-state index contributed by atoms with van der Waals surface area (Å²) < 4.78 is 70.7. The van der Waals surface area contributed by atoms with E-state index in [9.17, 15) is 26.7 Å². The molecule has 0 fully saturated rings. The molecule has 7 heteroatoms. The van der Waals surface area contributed by atoms with Crippen LogP contribution in [0.2, 0.25) is 0 Å². The number of ketones is 1. The molecule has 2 nitrogen and oxygen atoms in total. The van der Waals surface area contributed by atoms with Crippen LogP contribution in [0.4, 0.5) is 22.0 Å². The molecule has 0 radical (unpaired) electrons. The van der Waals surface area contributed by atoms with E-state index >= 15 is 0 Å². The molecule has 0 aliphatic rings. The number of halogens is 5. The molecule has 0 aliphatic carbocycles. The Morgan fingerprint density at radius 1 is 0.913 bits per heavy atom. The molecular formula is C16H11F5O2. The Balaban J connectivity index is 2.34. The van der Waals surface area contributed by atoms with Crippen LogP contribution in [0, 0.1) is 0 Å². The molecule has 0 unspecified atom stereocenters. The summed E-state index contributed by atoms with van der Waals surface area (Å²) in [5.74, 6) is -5.24. The van der Waals surface area contributed by atoms with Crippen molar-refractivity contribution in [1.82, 2.24) is 0 Å². The molecule has 0 N–H and O–H groups in total. The normalized spacial score (nSPS) is 12.1. The van der Waals surface area contributed by atoms with Crippen LogP contribution in [0.25, 0.3) is 0 Å². The van der Waals surface area contributed by atoms with E-state index in [2.05, 4.69) is 0 Å². The van der Waals surface area contributed by atoms with Crippen LogP contribution >= 0.6 is 0 Å². The average molecular weight is 330 g/mol. The van der Waals surface area contributed by atoms with Crippen LogP contribution in [-0.2, 0) is 12.1 Å². The van der Waals surface area contributed by atoms with Gasteiger partial charge in [0.2, 0.25) is 5.78 Å². The molecule has 0 aliphatic heterocycles. The number of Topliss-reactive ketones (excluding diaryl/α,β-unsaturated/α-hetero) is 1. The van der Waals surface area contributed by atoms with E-state index in [-0.39, 0.29) is 11.3 Å². The molecular weight excluding hydrogens is 319 g/mol. The number of hydrogen-bond donors (Lipinski definition) is 0. The van der Waals surface area contributed by atoms with Crippen molar-refractivity contribution in [2.45, 2.75) is 12.1 Å². The van der Waals surface area contributed by atoms with Gasteiger partial charge < -0.3 is 4.74 Å². The van der Waals surface area contributed by atoms with Crippen LogP contribution in [0.15, 0.2) is 48.5 Å². The molecule has 2 aromatic carbocycles. The monoisotopic (exact) mass is 330 g/mol. The van der Waals surface area contributed by atoms with Crippen molar-refractivity contribution in [2.75, 3.05) is 7.11 Å². The van der Waals surface area contributed by atoms with Crippen LogP contribution in [-0.4, -0.2) is 12.9 Å². The van der Waals surface area contributed by atoms with Crippen LogP contribution < -0.4 is 4.74 Å². The molecule has 2 rings (SSSR count). The van der Waals surface area contributed by atoms with E-state index in [1.807, 2.05) is 0 Å². The van der Waals surface area contributed by atoms with E-state index in [0.29, 0.717) is 24.3 Å². The van der Waals surface area contributed by atoms with Crippen molar-refractivity contribution in [1.29, 1.82) is 0 Å². The quantitative estimate of drug-likeness (QED) is 0.600. The Bertz CT molecular complexity index is 705. The summed E-state index contributed by atoms with van der Waals surface area (Å²) in [7, 11) is 1.32. The first-order chi connectivity index (χ1) is 10.7. The predicted molar refractivity (Wildman–Crippen MR) is 72.7 cm³/mol. The van der Waals surface area contributed by atoms with Crippen molar-refractivity contribution in [3.63, 3.8) is 0 Å². The molecule has 0 atom stereocenters. The fourth-order valence-corrected chi connectivity index (χ4v) is 1.95. The Hall–Kier alpha value is -2.44. The highest BCUT2D eigenvalue weighted by Crippen LogP contribution is 2.35. The van der Waals surface area contributed by atoms with Gasteiger partial charge in [0, 0.05) is 11.1 Å². The lowest BCUT2D eigenvalue weighted by molar-refractivity contribution is -0.137. The second-order valence-electron chi connectivity index (χ2n) is 4.71. The highest BCUT2D eigenvalue weighted by molar-refractivity contribution is 6.02.